The van der Waals surface area contributed by atoms with Crippen LogP contribution in [-0.4, -0.2) is 18.3 Å². The summed E-state index contributed by atoms with van der Waals surface area (Å²) in [7, 11) is 0. The van der Waals surface area contributed by atoms with Crippen molar-refractivity contribution in [2.75, 3.05) is 13.2 Å². The molecule has 0 heterocycles. The molecule has 0 spiro atoms. The third-order valence-electron chi connectivity index (χ3n) is 4.58. The summed E-state index contributed by atoms with van der Waals surface area (Å²) in [5.74, 6) is 1.14. The van der Waals surface area contributed by atoms with Crippen LogP contribution in [0.3, 0.4) is 0 Å². The second kappa shape index (κ2) is 7.57. The highest BCUT2D eigenvalue weighted by Crippen LogP contribution is 2.41. The van der Waals surface area contributed by atoms with Gasteiger partial charge in [0.2, 0.25) is 0 Å². The molecule has 1 aliphatic rings. The molecule has 0 saturated heterocycles. The van der Waals surface area contributed by atoms with Crippen LogP contribution in [0.25, 0.3) is 0 Å². The van der Waals surface area contributed by atoms with Crippen LogP contribution in [-0.2, 0) is 0 Å². The predicted molar refractivity (Wildman–Crippen MR) is 90.8 cm³/mol. The van der Waals surface area contributed by atoms with Crippen molar-refractivity contribution in [2.45, 2.75) is 31.2 Å². The van der Waals surface area contributed by atoms with Crippen molar-refractivity contribution in [3.63, 3.8) is 0 Å². The van der Waals surface area contributed by atoms with E-state index in [1.54, 1.807) is 0 Å². The zero-order valence-corrected chi connectivity index (χ0v) is 13.0. The van der Waals surface area contributed by atoms with Crippen molar-refractivity contribution < 1.29 is 5.11 Å². The van der Waals surface area contributed by atoms with E-state index in [2.05, 4.69) is 59.9 Å². The summed E-state index contributed by atoms with van der Waals surface area (Å²) in [6, 6.07) is 21.7. The molecule has 116 valence electrons. The maximum Gasteiger partial charge on any atom is 0.0437 e. The fourth-order valence-corrected chi connectivity index (χ4v) is 3.18. The molecule has 2 aromatic carbocycles. The van der Waals surface area contributed by atoms with Gasteiger partial charge in [-0.1, -0.05) is 60.7 Å². The molecule has 1 aliphatic carbocycles. The van der Waals surface area contributed by atoms with Crippen LogP contribution in [0.1, 0.15) is 42.3 Å². The van der Waals surface area contributed by atoms with Crippen LogP contribution in [0.2, 0.25) is 0 Å². The molecule has 3 rings (SSSR count). The Morgan fingerprint density at radius 2 is 1.50 bits per heavy atom. The maximum absolute atomic E-state index is 9.37. The molecule has 0 amide bonds. The van der Waals surface area contributed by atoms with Crippen molar-refractivity contribution in [1.29, 1.82) is 0 Å². The van der Waals surface area contributed by atoms with Crippen LogP contribution in [0.5, 0.6) is 0 Å². The zero-order chi connectivity index (χ0) is 15.2. The number of rotatable bonds is 8. The summed E-state index contributed by atoms with van der Waals surface area (Å²) in [5, 5.41) is 13.1. The Bertz CT molecular complexity index is 550. The van der Waals surface area contributed by atoms with Gasteiger partial charge in [0.1, 0.15) is 0 Å². The van der Waals surface area contributed by atoms with Crippen LogP contribution in [0, 0.1) is 5.92 Å². The quantitative estimate of drug-likeness (QED) is 0.774. The van der Waals surface area contributed by atoms with Gasteiger partial charge in [0, 0.05) is 19.2 Å². The highest BCUT2D eigenvalue weighted by Gasteiger charge is 2.32. The van der Waals surface area contributed by atoms with Crippen LogP contribution < -0.4 is 5.32 Å². The van der Waals surface area contributed by atoms with Gasteiger partial charge in [-0.15, -0.1) is 0 Å². The van der Waals surface area contributed by atoms with E-state index >= 15 is 0 Å². The summed E-state index contributed by atoms with van der Waals surface area (Å²) in [6.45, 7) is 1.15. The minimum atomic E-state index is 0.237. The van der Waals surface area contributed by atoms with Gasteiger partial charge >= 0.3 is 0 Å². The van der Waals surface area contributed by atoms with E-state index < -0.39 is 0 Å². The van der Waals surface area contributed by atoms with Gasteiger partial charge in [-0.05, 0) is 42.2 Å². The van der Waals surface area contributed by atoms with Gasteiger partial charge < -0.3 is 10.4 Å². The van der Waals surface area contributed by atoms with Crippen LogP contribution in [0.4, 0.5) is 0 Å². The van der Waals surface area contributed by atoms with Gasteiger partial charge in [0.15, 0.2) is 0 Å². The van der Waals surface area contributed by atoms with E-state index in [0.29, 0.717) is 12.0 Å². The molecule has 0 bridgehead atoms. The Kier molecular flexibility index (Phi) is 5.25. The molecule has 0 aromatic heterocycles. The largest absolute Gasteiger partial charge is 0.396 e. The molecular formula is C20H25NO. The first-order chi connectivity index (χ1) is 10.9. The zero-order valence-electron chi connectivity index (χ0n) is 13.0. The summed E-state index contributed by atoms with van der Waals surface area (Å²) in [5.41, 5.74) is 2.70. The molecule has 2 N–H and O–H groups in total. The smallest absolute Gasteiger partial charge is 0.0437 e. The average molecular weight is 295 g/mol. The van der Waals surface area contributed by atoms with Crippen LogP contribution in [0.15, 0.2) is 60.7 Å². The second-order valence-electron chi connectivity index (χ2n) is 6.25. The molecular weight excluding hydrogens is 270 g/mol. The lowest BCUT2D eigenvalue weighted by Gasteiger charge is -2.23. The minimum absolute atomic E-state index is 0.237. The Balaban J connectivity index is 1.67. The van der Waals surface area contributed by atoms with Gasteiger partial charge in [-0.25, -0.2) is 0 Å². The fourth-order valence-electron chi connectivity index (χ4n) is 3.18. The monoisotopic (exact) mass is 295 g/mol. The van der Waals surface area contributed by atoms with E-state index in [9.17, 15) is 5.11 Å². The standard InChI is InChI=1S/C20H25NO/c22-14-13-19(16-7-3-1-4-8-16)15-21-20(18-11-12-18)17-9-5-2-6-10-17/h1-10,18-22H,11-15H2. The number of aliphatic hydroxyl groups excluding tert-OH is 1. The second-order valence-corrected chi connectivity index (χ2v) is 6.25. The molecule has 2 heteroatoms. The lowest BCUT2D eigenvalue weighted by molar-refractivity contribution is 0.271. The Morgan fingerprint density at radius 1 is 0.909 bits per heavy atom. The SMILES string of the molecule is OCCC(CNC(c1ccccc1)C1CC1)c1ccccc1. The van der Waals surface area contributed by atoms with Gasteiger partial charge in [0.25, 0.3) is 0 Å². The molecule has 2 nitrogen and oxygen atoms in total. The Hall–Kier alpha value is -1.64. The van der Waals surface area contributed by atoms with Gasteiger partial charge in [-0.2, -0.15) is 0 Å². The molecule has 2 atom stereocenters. The lowest BCUT2D eigenvalue weighted by Crippen LogP contribution is -2.28. The van der Waals surface area contributed by atoms with E-state index in [4.69, 9.17) is 0 Å². The van der Waals surface area contributed by atoms with Crippen LogP contribution >= 0.6 is 0 Å². The molecule has 22 heavy (non-hydrogen) atoms. The Morgan fingerprint density at radius 3 is 2.05 bits per heavy atom. The molecule has 2 unspecified atom stereocenters. The fraction of sp³-hybridized carbons (Fsp3) is 0.400. The highest BCUT2D eigenvalue weighted by molar-refractivity contribution is 5.23. The van der Waals surface area contributed by atoms with E-state index in [-0.39, 0.29) is 6.61 Å². The molecule has 1 saturated carbocycles. The summed E-state index contributed by atoms with van der Waals surface area (Å²) >= 11 is 0. The van der Waals surface area contributed by atoms with Gasteiger partial charge in [-0.3, -0.25) is 0 Å². The van der Waals surface area contributed by atoms with E-state index in [0.717, 1.165) is 18.9 Å². The van der Waals surface area contributed by atoms with Crippen molar-refractivity contribution >= 4 is 0 Å². The third kappa shape index (κ3) is 3.96. The van der Waals surface area contributed by atoms with Crippen molar-refractivity contribution in [2.24, 2.45) is 5.92 Å². The predicted octanol–water partition coefficient (Wildman–Crippen LogP) is 3.89. The summed E-state index contributed by atoms with van der Waals surface area (Å²) in [6.07, 6.45) is 3.45. The first-order valence-electron chi connectivity index (χ1n) is 8.32. The number of hydrogen-bond acceptors (Lipinski definition) is 2. The highest BCUT2D eigenvalue weighted by atomic mass is 16.3. The third-order valence-corrected chi connectivity index (χ3v) is 4.58. The lowest BCUT2D eigenvalue weighted by atomic mass is 9.94. The number of nitrogens with one attached hydrogen (secondary N) is 1. The van der Waals surface area contributed by atoms with Crippen molar-refractivity contribution in [1.82, 2.24) is 5.32 Å². The van der Waals surface area contributed by atoms with E-state index in [1.165, 1.54) is 24.0 Å². The Labute approximate surface area is 133 Å². The average Bonchev–Trinajstić information content (AvgIpc) is 3.41. The normalized spacial score (nSPS) is 17.1. The molecule has 0 aliphatic heterocycles. The van der Waals surface area contributed by atoms with Crippen molar-refractivity contribution in [3.05, 3.63) is 71.8 Å². The first-order valence-corrected chi connectivity index (χ1v) is 8.32. The van der Waals surface area contributed by atoms with Crippen molar-refractivity contribution in [3.8, 4) is 0 Å². The van der Waals surface area contributed by atoms with Gasteiger partial charge in [0.05, 0.1) is 0 Å². The molecule has 0 radical (unpaired) electrons. The number of aliphatic hydroxyl groups is 1. The topological polar surface area (TPSA) is 32.3 Å². The number of benzene rings is 2. The maximum atomic E-state index is 9.37. The summed E-state index contributed by atoms with van der Waals surface area (Å²) in [4.78, 5) is 0. The van der Waals surface area contributed by atoms with E-state index in [1.807, 2.05) is 6.07 Å². The molecule has 2 aromatic rings. The molecule has 1 fully saturated rings. The minimum Gasteiger partial charge on any atom is -0.396 e. The summed E-state index contributed by atoms with van der Waals surface area (Å²) < 4.78 is 0. The first kappa shape index (κ1) is 15.3. The number of hydrogen-bond donors (Lipinski definition) is 2.